The third-order valence-electron chi connectivity index (χ3n) is 6.67. The number of hydrogen-bond acceptors (Lipinski definition) is 6. The first-order valence-corrected chi connectivity index (χ1v) is 10.8. The molecule has 0 spiro atoms. The average Bonchev–Trinajstić information content (AvgIpc) is 2.83. The van der Waals surface area contributed by atoms with Crippen molar-refractivity contribution in [3.8, 4) is 0 Å². The van der Waals surface area contributed by atoms with Crippen LogP contribution >= 0.6 is 0 Å². The van der Waals surface area contributed by atoms with E-state index in [4.69, 9.17) is 4.74 Å². The normalized spacial score (nSPS) is 23.2. The molecule has 2 saturated heterocycles. The number of piperazine rings is 1. The van der Waals surface area contributed by atoms with Crippen molar-refractivity contribution in [2.24, 2.45) is 5.92 Å². The zero-order valence-electron chi connectivity index (χ0n) is 17.4. The molecule has 3 heterocycles. The van der Waals surface area contributed by atoms with Crippen LogP contribution in [0.2, 0.25) is 0 Å². The van der Waals surface area contributed by atoms with Gasteiger partial charge < -0.3 is 19.4 Å². The lowest BCUT2D eigenvalue weighted by atomic mass is 9.82. The molecule has 3 aliphatic heterocycles. The minimum absolute atomic E-state index is 0.0262. The summed E-state index contributed by atoms with van der Waals surface area (Å²) in [6.45, 7) is 4.70. The summed E-state index contributed by atoms with van der Waals surface area (Å²) in [5.74, 6) is -0.107. The molecule has 31 heavy (non-hydrogen) atoms. The molecule has 0 aromatic heterocycles. The number of hydrogen-bond donors (Lipinski definition) is 0. The van der Waals surface area contributed by atoms with Gasteiger partial charge in [-0.05, 0) is 30.2 Å². The Balaban J connectivity index is 1.49. The Morgan fingerprint density at radius 3 is 2.55 bits per heavy atom. The molecule has 0 unspecified atom stereocenters. The van der Waals surface area contributed by atoms with Crippen molar-refractivity contribution in [3.63, 3.8) is 0 Å². The Morgan fingerprint density at radius 1 is 1.03 bits per heavy atom. The molecule has 0 saturated carbocycles. The molecule has 5 rings (SSSR count). The van der Waals surface area contributed by atoms with E-state index >= 15 is 0 Å². The standard InChI is InChI=1S/C23H26N4O4/c28-23(24-10-12-31-13-11-24)20-15-17-14-19(27(29)30)6-7-21(17)26-9-8-25(16-22(20)26)18-4-2-1-3-5-18/h1-7,14,20,22H,8-13,15-16H2/t20-,22+/m0/s1. The van der Waals surface area contributed by atoms with Gasteiger partial charge in [0.15, 0.2) is 0 Å². The second kappa shape index (κ2) is 8.19. The summed E-state index contributed by atoms with van der Waals surface area (Å²) >= 11 is 0. The fourth-order valence-corrected chi connectivity index (χ4v) is 5.10. The van der Waals surface area contributed by atoms with Gasteiger partial charge in [-0.1, -0.05) is 18.2 Å². The van der Waals surface area contributed by atoms with E-state index in [0.717, 1.165) is 36.6 Å². The molecule has 2 atom stereocenters. The number of benzene rings is 2. The second-order valence-corrected chi connectivity index (χ2v) is 8.36. The third-order valence-corrected chi connectivity index (χ3v) is 6.67. The van der Waals surface area contributed by atoms with Gasteiger partial charge in [0.2, 0.25) is 5.91 Å². The van der Waals surface area contributed by atoms with Crippen LogP contribution in [0.1, 0.15) is 5.56 Å². The summed E-state index contributed by atoms with van der Waals surface area (Å²) in [4.78, 5) is 31.1. The fourth-order valence-electron chi connectivity index (χ4n) is 5.10. The van der Waals surface area contributed by atoms with Crippen molar-refractivity contribution >= 4 is 23.0 Å². The molecule has 2 fully saturated rings. The molecule has 3 aliphatic rings. The lowest BCUT2D eigenvalue weighted by molar-refractivity contribution is -0.384. The van der Waals surface area contributed by atoms with Crippen molar-refractivity contribution in [3.05, 3.63) is 64.2 Å². The molecule has 2 aromatic rings. The molecule has 2 aromatic carbocycles. The Labute approximate surface area is 181 Å². The van der Waals surface area contributed by atoms with E-state index in [1.807, 2.05) is 29.2 Å². The minimum atomic E-state index is -0.363. The van der Waals surface area contributed by atoms with Crippen molar-refractivity contribution in [2.75, 3.05) is 55.7 Å². The van der Waals surface area contributed by atoms with Gasteiger partial charge in [0.25, 0.3) is 5.69 Å². The summed E-state index contributed by atoms with van der Waals surface area (Å²) in [6, 6.07) is 15.4. The zero-order chi connectivity index (χ0) is 21.4. The summed E-state index contributed by atoms with van der Waals surface area (Å²) in [5, 5.41) is 11.3. The largest absolute Gasteiger partial charge is 0.378 e. The lowest BCUT2D eigenvalue weighted by Crippen LogP contribution is -2.62. The smallest absolute Gasteiger partial charge is 0.269 e. The highest BCUT2D eigenvalue weighted by Crippen LogP contribution is 2.39. The SMILES string of the molecule is O=C([C@H]1Cc2cc([N+](=O)[O-])ccc2N2CCN(c3ccccc3)C[C@H]12)N1CCOCC1. The Morgan fingerprint density at radius 2 is 1.81 bits per heavy atom. The fraction of sp³-hybridized carbons (Fsp3) is 0.435. The average molecular weight is 422 g/mol. The molecule has 162 valence electrons. The topological polar surface area (TPSA) is 79.2 Å². The van der Waals surface area contributed by atoms with Gasteiger partial charge in [0.1, 0.15) is 0 Å². The van der Waals surface area contributed by atoms with E-state index in [0.29, 0.717) is 32.7 Å². The molecule has 8 heteroatoms. The number of amides is 1. The summed E-state index contributed by atoms with van der Waals surface area (Å²) in [5.41, 5.74) is 3.16. The van der Waals surface area contributed by atoms with Crippen LogP contribution in [0.25, 0.3) is 0 Å². The maximum absolute atomic E-state index is 13.6. The molecule has 1 amide bonds. The first-order chi connectivity index (χ1) is 15.1. The molecular formula is C23H26N4O4. The number of morpholine rings is 1. The summed E-state index contributed by atoms with van der Waals surface area (Å²) in [7, 11) is 0. The van der Waals surface area contributed by atoms with Gasteiger partial charge in [-0.25, -0.2) is 0 Å². The number of nitrogens with zero attached hydrogens (tertiary/aromatic N) is 4. The zero-order valence-corrected chi connectivity index (χ0v) is 17.4. The van der Waals surface area contributed by atoms with E-state index in [1.54, 1.807) is 12.1 Å². The molecule has 0 N–H and O–H groups in total. The molecular weight excluding hydrogens is 396 g/mol. The third kappa shape index (κ3) is 3.72. The number of anilines is 2. The van der Waals surface area contributed by atoms with Crippen LogP contribution in [0.3, 0.4) is 0 Å². The number of para-hydroxylation sites is 1. The Kier molecular flexibility index (Phi) is 5.23. The molecule has 0 radical (unpaired) electrons. The van der Waals surface area contributed by atoms with Gasteiger partial charge in [0.05, 0.1) is 30.1 Å². The first kappa shape index (κ1) is 19.8. The first-order valence-electron chi connectivity index (χ1n) is 10.8. The number of carbonyl (C=O) groups excluding carboxylic acids is 1. The van der Waals surface area contributed by atoms with Crippen LogP contribution in [0.15, 0.2) is 48.5 Å². The monoisotopic (exact) mass is 422 g/mol. The number of carbonyl (C=O) groups is 1. The minimum Gasteiger partial charge on any atom is -0.378 e. The number of non-ortho nitro benzene ring substituents is 1. The van der Waals surface area contributed by atoms with Gasteiger partial charge in [-0.2, -0.15) is 0 Å². The highest BCUT2D eigenvalue weighted by Gasteiger charge is 2.43. The second-order valence-electron chi connectivity index (χ2n) is 8.36. The maximum Gasteiger partial charge on any atom is 0.269 e. The van der Waals surface area contributed by atoms with Crippen molar-refractivity contribution in [1.29, 1.82) is 0 Å². The maximum atomic E-state index is 13.6. The van der Waals surface area contributed by atoms with E-state index in [1.165, 1.54) is 0 Å². The molecule has 0 bridgehead atoms. The summed E-state index contributed by atoms with van der Waals surface area (Å²) < 4.78 is 5.43. The van der Waals surface area contributed by atoms with E-state index in [9.17, 15) is 14.9 Å². The van der Waals surface area contributed by atoms with Crippen molar-refractivity contribution < 1.29 is 14.5 Å². The highest BCUT2D eigenvalue weighted by atomic mass is 16.6. The van der Waals surface area contributed by atoms with Gasteiger partial charge in [-0.15, -0.1) is 0 Å². The van der Waals surface area contributed by atoms with Crippen LogP contribution in [-0.4, -0.2) is 67.7 Å². The molecule has 8 nitrogen and oxygen atoms in total. The number of ether oxygens (including phenoxy) is 1. The highest BCUT2D eigenvalue weighted by molar-refractivity contribution is 5.83. The van der Waals surface area contributed by atoms with Crippen LogP contribution < -0.4 is 9.80 Å². The van der Waals surface area contributed by atoms with E-state index in [2.05, 4.69) is 21.9 Å². The van der Waals surface area contributed by atoms with Crippen LogP contribution in [-0.2, 0) is 16.0 Å². The summed E-state index contributed by atoms with van der Waals surface area (Å²) in [6.07, 6.45) is 0.525. The van der Waals surface area contributed by atoms with Gasteiger partial charge in [0, 0.05) is 56.2 Å². The number of rotatable bonds is 3. The van der Waals surface area contributed by atoms with Crippen LogP contribution in [0.4, 0.5) is 17.1 Å². The molecule has 0 aliphatic carbocycles. The number of fused-ring (bicyclic) bond motifs is 3. The van der Waals surface area contributed by atoms with Crippen LogP contribution in [0, 0.1) is 16.0 Å². The predicted octanol–water partition coefficient (Wildman–Crippen LogP) is 2.32. The number of nitro groups is 1. The predicted molar refractivity (Wildman–Crippen MR) is 117 cm³/mol. The van der Waals surface area contributed by atoms with E-state index < -0.39 is 0 Å². The Bertz CT molecular complexity index is 977. The van der Waals surface area contributed by atoms with Crippen molar-refractivity contribution in [2.45, 2.75) is 12.5 Å². The van der Waals surface area contributed by atoms with Gasteiger partial charge >= 0.3 is 0 Å². The van der Waals surface area contributed by atoms with Gasteiger partial charge in [-0.3, -0.25) is 14.9 Å². The van der Waals surface area contributed by atoms with E-state index in [-0.39, 0.29) is 28.5 Å². The quantitative estimate of drug-likeness (QED) is 0.558. The Hall–Kier alpha value is -3.13. The number of nitro benzene ring substituents is 1. The lowest BCUT2D eigenvalue weighted by Gasteiger charge is -2.50. The van der Waals surface area contributed by atoms with Crippen LogP contribution in [0.5, 0.6) is 0 Å². The van der Waals surface area contributed by atoms with Crippen molar-refractivity contribution in [1.82, 2.24) is 4.90 Å².